The highest BCUT2D eigenvalue weighted by molar-refractivity contribution is 7.14. The van der Waals surface area contributed by atoms with Crippen LogP contribution in [-0.2, 0) is 5.41 Å². The Morgan fingerprint density at radius 3 is 2.36 bits per heavy atom. The van der Waals surface area contributed by atoms with Gasteiger partial charge in [-0.05, 0) is 34.7 Å². The van der Waals surface area contributed by atoms with Gasteiger partial charge in [0.25, 0.3) is 0 Å². The molecule has 0 saturated carbocycles. The van der Waals surface area contributed by atoms with E-state index in [2.05, 4.69) is 60.5 Å². The highest BCUT2D eigenvalue weighted by Crippen LogP contribution is 2.33. The van der Waals surface area contributed by atoms with Crippen LogP contribution in [0, 0.1) is 0 Å². The first-order valence-corrected chi connectivity index (χ1v) is 9.86. The molecule has 146 valence electrons. The van der Waals surface area contributed by atoms with Crippen LogP contribution in [0.4, 0.5) is 5.13 Å². The van der Waals surface area contributed by atoms with E-state index in [4.69, 9.17) is 9.47 Å². The summed E-state index contributed by atoms with van der Waals surface area (Å²) in [6.07, 6.45) is 1.80. The molecular weight excluding hydrogens is 370 g/mol. The number of nitrogens with zero attached hydrogens (tertiary/aromatic N) is 2. The first kappa shape index (κ1) is 19.9. The number of ether oxygens (including phenoxy) is 2. The van der Waals surface area contributed by atoms with E-state index in [0.29, 0.717) is 11.5 Å². The number of rotatable bonds is 6. The van der Waals surface area contributed by atoms with Gasteiger partial charge in [-0.1, -0.05) is 45.0 Å². The molecule has 0 saturated heterocycles. The predicted octanol–water partition coefficient (Wildman–Crippen LogP) is 5.57. The largest absolute Gasteiger partial charge is 0.493 e. The van der Waals surface area contributed by atoms with E-state index in [-0.39, 0.29) is 5.41 Å². The van der Waals surface area contributed by atoms with Gasteiger partial charge in [0.15, 0.2) is 11.5 Å². The van der Waals surface area contributed by atoms with Gasteiger partial charge in [-0.2, -0.15) is 5.10 Å². The molecular formula is C22H25N3O2S. The molecule has 0 bridgehead atoms. The fourth-order valence-corrected chi connectivity index (χ4v) is 3.35. The summed E-state index contributed by atoms with van der Waals surface area (Å²) < 4.78 is 10.6. The normalized spacial score (nSPS) is 11.6. The van der Waals surface area contributed by atoms with Crippen LogP contribution in [0.1, 0.15) is 31.9 Å². The molecule has 0 unspecified atom stereocenters. The number of nitrogens with one attached hydrogen (secondary N) is 1. The third-order valence-electron chi connectivity index (χ3n) is 4.33. The zero-order valence-corrected chi connectivity index (χ0v) is 17.6. The summed E-state index contributed by atoms with van der Waals surface area (Å²) in [6.45, 7) is 6.61. The summed E-state index contributed by atoms with van der Waals surface area (Å²) in [5, 5.41) is 7.01. The number of anilines is 1. The Morgan fingerprint density at radius 2 is 1.71 bits per heavy atom. The second-order valence-corrected chi connectivity index (χ2v) is 8.21. The quantitative estimate of drug-likeness (QED) is 0.438. The van der Waals surface area contributed by atoms with Crippen LogP contribution in [-0.4, -0.2) is 25.4 Å². The van der Waals surface area contributed by atoms with Crippen LogP contribution >= 0.6 is 11.3 Å². The first-order valence-electron chi connectivity index (χ1n) is 8.98. The molecule has 0 aliphatic carbocycles. The van der Waals surface area contributed by atoms with Crippen molar-refractivity contribution < 1.29 is 9.47 Å². The molecule has 1 heterocycles. The first-order chi connectivity index (χ1) is 13.4. The molecule has 0 aliphatic heterocycles. The van der Waals surface area contributed by atoms with Gasteiger partial charge >= 0.3 is 0 Å². The van der Waals surface area contributed by atoms with Crippen LogP contribution in [0.5, 0.6) is 11.5 Å². The van der Waals surface area contributed by atoms with Gasteiger partial charge in [-0.3, -0.25) is 5.43 Å². The molecule has 28 heavy (non-hydrogen) atoms. The summed E-state index contributed by atoms with van der Waals surface area (Å²) in [7, 11) is 3.25. The summed E-state index contributed by atoms with van der Waals surface area (Å²) in [4.78, 5) is 4.59. The van der Waals surface area contributed by atoms with Crippen molar-refractivity contribution in [3.8, 4) is 22.8 Å². The average Bonchev–Trinajstić information content (AvgIpc) is 3.16. The summed E-state index contributed by atoms with van der Waals surface area (Å²) in [5.74, 6) is 1.38. The Bertz CT molecular complexity index is 957. The number of hydrogen-bond donors (Lipinski definition) is 1. The van der Waals surface area contributed by atoms with E-state index in [1.807, 2.05) is 23.6 Å². The Balaban J connectivity index is 1.67. The average molecular weight is 396 g/mol. The molecule has 2 aromatic carbocycles. The molecule has 3 aromatic rings. The van der Waals surface area contributed by atoms with Crippen LogP contribution in [0.3, 0.4) is 0 Å². The van der Waals surface area contributed by atoms with Crippen molar-refractivity contribution in [1.82, 2.24) is 4.98 Å². The topological polar surface area (TPSA) is 55.7 Å². The second-order valence-electron chi connectivity index (χ2n) is 7.35. The van der Waals surface area contributed by atoms with Crippen molar-refractivity contribution in [1.29, 1.82) is 0 Å². The molecule has 1 N–H and O–H groups in total. The van der Waals surface area contributed by atoms with Gasteiger partial charge in [0, 0.05) is 10.9 Å². The number of thiazole rings is 1. The Hall–Kier alpha value is -2.86. The molecule has 5 nitrogen and oxygen atoms in total. The molecule has 0 amide bonds. The minimum atomic E-state index is 0.148. The fourth-order valence-electron chi connectivity index (χ4n) is 2.68. The molecule has 1 aromatic heterocycles. The third kappa shape index (κ3) is 4.70. The van der Waals surface area contributed by atoms with Crippen LogP contribution < -0.4 is 14.9 Å². The molecule has 0 fully saturated rings. The lowest BCUT2D eigenvalue weighted by Crippen LogP contribution is -2.10. The monoisotopic (exact) mass is 395 g/mol. The molecule has 0 radical (unpaired) electrons. The zero-order valence-electron chi connectivity index (χ0n) is 16.8. The lowest BCUT2D eigenvalue weighted by Gasteiger charge is -2.18. The van der Waals surface area contributed by atoms with E-state index in [9.17, 15) is 0 Å². The van der Waals surface area contributed by atoms with Crippen LogP contribution in [0.25, 0.3) is 11.3 Å². The van der Waals surface area contributed by atoms with E-state index < -0.39 is 0 Å². The number of hydrazone groups is 1. The zero-order chi connectivity index (χ0) is 20.1. The van der Waals surface area contributed by atoms with Gasteiger partial charge < -0.3 is 9.47 Å². The summed E-state index contributed by atoms with van der Waals surface area (Å²) in [6, 6.07) is 14.2. The standard InChI is InChI=1S/C22H25N3O2S/c1-22(2,3)17-9-6-15(7-10-17)13-23-25-21-24-18(14-28-21)16-8-11-19(26-4)20(12-16)27-5/h6-14H,1-5H3,(H,24,25)/b23-13-. The number of aromatic nitrogens is 1. The van der Waals surface area contributed by atoms with E-state index in [0.717, 1.165) is 22.0 Å². The lowest BCUT2D eigenvalue weighted by atomic mass is 9.87. The maximum Gasteiger partial charge on any atom is 0.203 e. The third-order valence-corrected chi connectivity index (χ3v) is 5.08. The molecule has 0 aliphatic rings. The van der Waals surface area contributed by atoms with Crippen LogP contribution in [0.15, 0.2) is 52.9 Å². The van der Waals surface area contributed by atoms with E-state index in [1.165, 1.54) is 16.9 Å². The smallest absolute Gasteiger partial charge is 0.203 e. The highest BCUT2D eigenvalue weighted by atomic mass is 32.1. The van der Waals surface area contributed by atoms with E-state index in [1.54, 1.807) is 20.4 Å². The molecule has 0 spiro atoms. The highest BCUT2D eigenvalue weighted by Gasteiger charge is 2.12. The fraction of sp³-hybridized carbons (Fsp3) is 0.273. The Morgan fingerprint density at radius 1 is 1.00 bits per heavy atom. The Labute approximate surface area is 170 Å². The summed E-state index contributed by atoms with van der Waals surface area (Å²) >= 11 is 1.50. The van der Waals surface area contributed by atoms with Crippen molar-refractivity contribution in [2.75, 3.05) is 19.6 Å². The van der Waals surface area contributed by atoms with Crippen molar-refractivity contribution in [3.05, 3.63) is 59.0 Å². The van der Waals surface area contributed by atoms with Crippen molar-refractivity contribution in [2.24, 2.45) is 5.10 Å². The van der Waals surface area contributed by atoms with Crippen molar-refractivity contribution in [2.45, 2.75) is 26.2 Å². The maximum atomic E-state index is 5.36. The molecule has 6 heteroatoms. The van der Waals surface area contributed by atoms with Gasteiger partial charge in [0.1, 0.15) is 0 Å². The van der Waals surface area contributed by atoms with E-state index >= 15 is 0 Å². The number of benzene rings is 2. The van der Waals surface area contributed by atoms with Gasteiger partial charge in [-0.25, -0.2) is 4.98 Å². The van der Waals surface area contributed by atoms with Gasteiger partial charge in [0.05, 0.1) is 26.1 Å². The van der Waals surface area contributed by atoms with Crippen LogP contribution in [0.2, 0.25) is 0 Å². The van der Waals surface area contributed by atoms with Crippen molar-refractivity contribution in [3.63, 3.8) is 0 Å². The lowest BCUT2D eigenvalue weighted by molar-refractivity contribution is 0.355. The predicted molar refractivity (Wildman–Crippen MR) is 117 cm³/mol. The second kappa shape index (κ2) is 8.44. The minimum Gasteiger partial charge on any atom is -0.493 e. The molecule has 0 atom stereocenters. The minimum absolute atomic E-state index is 0.148. The number of hydrogen-bond acceptors (Lipinski definition) is 6. The molecule has 3 rings (SSSR count). The SMILES string of the molecule is COc1ccc(-c2csc(N/N=C\c3ccc(C(C)(C)C)cc3)n2)cc1OC. The maximum absolute atomic E-state index is 5.36. The Kier molecular flexibility index (Phi) is 5.99. The number of methoxy groups -OCH3 is 2. The van der Waals surface area contributed by atoms with Crippen molar-refractivity contribution >= 4 is 22.7 Å². The summed E-state index contributed by atoms with van der Waals surface area (Å²) in [5.41, 5.74) is 7.31. The van der Waals surface area contributed by atoms with Gasteiger partial charge in [0.2, 0.25) is 5.13 Å². The van der Waals surface area contributed by atoms with Gasteiger partial charge in [-0.15, -0.1) is 11.3 Å².